The number of para-hydroxylation sites is 1. The Morgan fingerprint density at radius 1 is 1.23 bits per heavy atom. The fourth-order valence-corrected chi connectivity index (χ4v) is 4.80. The summed E-state index contributed by atoms with van der Waals surface area (Å²) in [6.07, 6.45) is 2.24. The van der Waals surface area contributed by atoms with Gasteiger partial charge in [0.15, 0.2) is 0 Å². The second-order valence-electron chi connectivity index (χ2n) is 7.91. The molecule has 3 heterocycles. The van der Waals surface area contributed by atoms with E-state index in [9.17, 15) is 24.9 Å². The van der Waals surface area contributed by atoms with Gasteiger partial charge in [0.05, 0.1) is 42.1 Å². The third-order valence-electron chi connectivity index (χ3n) is 6.36. The van der Waals surface area contributed by atoms with E-state index in [1.54, 1.807) is 22.8 Å². The summed E-state index contributed by atoms with van der Waals surface area (Å²) in [7, 11) is 0. The van der Waals surface area contributed by atoms with Crippen LogP contribution in [-0.2, 0) is 9.59 Å². The van der Waals surface area contributed by atoms with Crippen molar-refractivity contribution in [2.45, 2.75) is 45.1 Å². The molecule has 3 aliphatic heterocycles. The number of carboxylic acid groups (broad SMARTS) is 1. The van der Waals surface area contributed by atoms with Crippen LogP contribution in [0.2, 0.25) is 0 Å². The highest BCUT2D eigenvalue weighted by Gasteiger charge is 2.44. The van der Waals surface area contributed by atoms with Gasteiger partial charge in [-0.2, -0.15) is 0 Å². The van der Waals surface area contributed by atoms with E-state index < -0.39 is 18.0 Å². The second-order valence-corrected chi connectivity index (χ2v) is 7.91. The van der Waals surface area contributed by atoms with Crippen molar-refractivity contribution in [2.75, 3.05) is 18.2 Å². The van der Waals surface area contributed by atoms with Crippen LogP contribution in [0.25, 0.3) is 5.57 Å². The van der Waals surface area contributed by atoms with E-state index in [0.717, 1.165) is 34.5 Å². The summed E-state index contributed by atoms with van der Waals surface area (Å²) in [4.78, 5) is 27.8. The number of benzene rings is 1. The average Bonchev–Trinajstić information content (AvgIpc) is 3.11. The van der Waals surface area contributed by atoms with Crippen LogP contribution in [0.5, 0.6) is 0 Å². The Balaban J connectivity index is 1.94. The zero-order valence-corrected chi connectivity index (χ0v) is 17.2. The molecule has 0 saturated carbocycles. The highest BCUT2D eigenvalue weighted by Crippen LogP contribution is 2.48. The first kappa shape index (κ1) is 20.4. The molecule has 4 rings (SSSR count). The van der Waals surface area contributed by atoms with E-state index in [1.165, 1.54) is 0 Å². The number of nitrogens with zero attached hydrogens (tertiary/aromatic N) is 2. The lowest BCUT2D eigenvalue weighted by molar-refractivity contribution is -0.142. The third-order valence-corrected chi connectivity index (χ3v) is 6.36. The number of fused-ring (bicyclic) bond motifs is 3. The van der Waals surface area contributed by atoms with Gasteiger partial charge in [0.2, 0.25) is 5.91 Å². The molecule has 1 unspecified atom stereocenters. The molecule has 0 aromatic heterocycles. The van der Waals surface area contributed by atoms with Crippen molar-refractivity contribution in [1.82, 2.24) is 4.90 Å². The number of aliphatic hydroxyl groups is 2. The van der Waals surface area contributed by atoms with Crippen LogP contribution in [0.15, 0.2) is 52.9 Å². The van der Waals surface area contributed by atoms with Crippen molar-refractivity contribution in [2.24, 2.45) is 0 Å². The number of aliphatic hydroxyl groups excluding tert-OH is 1. The van der Waals surface area contributed by atoms with Crippen LogP contribution < -0.4 is 4.90 Å². The predicted molar refractivity (Wildman–Crippen MR) is 112 cm³/mol. The van der Waals surface area contributed by atoms with Gasteiger partial charge in [0.1, 0.15) is 6.73 Å². The topological polar surface area (TPSA) is 101 Å². The summed E-state index contributed by atoms with van der Waals surface area (Å²) in [6, 6.07) is 7.83. The molecule has 1 amide bonds. The Labute approximate surface area is 175 Å². The fraction of sp³-hybridized carbons (Fsp3) is 0.391. The minimum absolute atomic E-state index is 0.0186. The molecule has 0 spiro atoms. The Morgan fingerprint density at radius 3 is 2.60 bits per heavy atom. The summed E-state index contributed by atoms with van der Waals surface area (Å²) < 4.78 is 0. The van der Waals surface area contributed by atoms with E-state index in [1.807, 2.05) is 24.3 Å². The smallest absolute Gasteiger partial charge is 0.306 e. The van der Waals surface area contributed by atoms with Gasteiger partial charge in [0.25, 0.3) is 0 Å². The normalized spacial score (nSPS) is 20.0. The van der Waals surface area contributed by atoms with E-state index in [0.29, 0.717) is 17.8 Å². The molecule has 1 atom stereocenters. The molecule has 7 heteroatoms. The number of carbonyl (C=O) groups excluding carboxylic acids is 1. The summed E-state index contributed by atoms with van der Waals surface area (Å²) >= 11 is 0. The van der Waals surface area contributed by atoms with Gasteiger partial charge in [-0.25, -0.2) is 0 Å². The van der Waals surface area contributed by atoms with E-state index in [-0.39, 0.29) is 25.5 Å². The number of hydrogen-bond donors (Lipinski definition) is 3. The van der Waals surface area contributed by atoms with Crippen molar-refractivity contribution in [1.29, 1.82) is 0 Å². The van der Waals surface area contributed by atoms with Crippen LogP contribution in [0.4, 0.5) is 5.69 Å². The molecule has 1 aromatic rings. The maximum atomic E-state index is 13.0. The van der Waals surface area contributed by atoms with Crippen LogP contribution in [0.1, 0.15) is 45.1 Å². The number of aliphatic carboxylic acids is 1. The van der Waals surface area contributed by atoms with Crippen LogP contribution >= 0.6 is 0 Å². The monoisotopic (exact) mass is 410 g/mol. The van der Waals surface area contributed by atoms with Gasteiger partial charge in [-0.3, -0.25) is 9.59 Å². The lowest BCUT2D eigenvalue weighted by Gasteiger charge is -2.35. The Kier molecular flexibility index (Phi) is 5.03. The molecule has 0 aliphatic carbocycles. The molecule has 3 N–H and O–H groups in total. The van der Waals surface area contributed by atoms with E-state index >= 15 is 0 Å². The van der Waals surface area contributed by atoms with Crippen molar-refractivity contribution in [3.8, 4) is 0 Å². The SMILES string of the molecule is CCC1=C2CN3C(=O)CC(C(O)(CC)CC(=O)O)=CC3=C2N(CO)c2ccccc21. The van der Waals surface area contributed by atoms with Crippen molar-refractivity contribution in [3.05, 3.63) is 58.4 Å². The van der Waals surface area contributed by atoms with Gasteiger partial charge < -0.3 is 25.1 Å². The number of anilines is 1. The number of hydrogen-bond acceptors (Lipinski definition) is 5. The zero-order chi connectivity index (χ0) is 21.6. The Morgan fingerprint density at radius 2 is 1.97 bits per heavy atom. The van der Waals surface area contributed by atoms with Gasteiger partial charge in [-0.1, -0.05) is 32.0 Å². The minimum atomic E-state index is -1.59. The highest BCUT2D eigenvalue weighted by atomic mass is 16.4. The second kappa shape index (κ2) is 7.41. The highest BCUT2D eigenvalue weighted by molar-refractivity contribution is 5.93. The first-order chi connectivity index (χ1) is 14.3. The summed E-state index contributed by atoms with van der Waals surface area (Å²) in [5.41, 5.74) is 4.23. The molecule has 30 heavy (non-hydrogen) atoms. The summed E-state index contributed by atoms with van der Waals surface area (Å²) in [5.74, 6) is -1.29. The van der Waals surface area contributed by atoms with Crippen molar-refractivity contribution < 1.29 is 24.9 Å². The van der Waals surface area contributed by atoms with E-state index in [2.05, 4.69) is 6.92 Å². The van der Waals surface area contributed by atoms with Gasteiger partial charge in [0, 0.05) is 11.1 Å². The number of carboxylic acids is 1. The molecule has 158 valence electrons. The summed E-state index contributed by atoms with van der Waals surface area (Å²) in [6.45, 7) is 3.93. The quantitative estimate of drug-likeness (QED) is 0.667. The molecule has 0 radical (unpaired) electrons. The maximum Gasteiger partial charge on any atom is 0.306 e. The van der Waals surface area contributed by atoms with E-state index in [4.69, 9.17) is 0 Å². The third kappa shape index (κ3) is 2.97. The lowest BCUT2D eigenvalue weighted by atomic mass is 9.83. The fourth-order valence-electron chi connectivity index (χ4n) is 4.80. The van der Waals surface area contributed by atoms with Crippen molar-refractivity contribution >= 4 is 23.1 Å². The van der Waals surface area contributed by atoms with Gasteiger partial charge >= 0.3 is 5.97 Å². The predicted octanol–water partition coefficient (Wildman–Crippen LogP) is 2.62. The number of carbonyl (C=O) groups is 2. The average molecular weight is 410 g/mol. The van der Waals surface area contributed by atoms with Crippen molar-refractivity contribution in [3.63, 3.8) is 0 Å². The van der Waals surface area contributed by atoms with Crippen LogP contribution in [0, 0.1) is 0 Å². The molecule has 7 nitrogen and oxygen atoms in total. The molecule has 3 aliphatic rings. The largest absolute Gasteiger partial charge is 0.481 e. The van der Waals surface area contributed by atoms with Gasteiger partial charge in [-0.05, 0) is 36.1 Å². The number of amides is 1. The first-order valence-electron chi connectivity index (χ1n) is 10.2. The summed E-state index contributed by atoms with van der Waals surface area (Å²) in [5, 5.41) is 30.5. The standard InChI is InChI=1S/C23H26N2O5/c1-3-15-16-7-5-6-8-18(16)25(13-26)22-17(15)12-24-19(22)9-14(10-20(24)27)23(30,4-2)11-21(28)29/h5-9,26,30H,3-4,10-13H2,1-2H3,(H,28,29). The minimum Gasteiger partial charge on any atom is -0.481 e. The number of allylic oxidation sites excluding steroid dienone is 2. The van der Waals surface area contributed by atoms with Crippen LogP contribution in [-0.4, -0.2) is 51.0 Å². The molecule has 0 saturated heterocycles. The number of rotatable bonds is 6. The van der Waals surface area contributed by atoms with Gasteiger partial charge in [-0.15, -0.1) is 0 Å². The molecular formula is C23H26N2O5. The first-order valence-corrected chi connectivity index (χ1v) is 10.2. The van der Waals surface area contributed by atoms with Crippen LogP contribution in [0.3, 0.4) is 0 Å². The molecule has 1 aromatic carbocycles. The Bertz CT molecular complexity index is 1020. The zero-order valence-electron chi connectivity index (χ0n) is 17.2. The molecular weight excluding hydrogens is 384 g/mol. The maximum absolute atomic E-state index is 13.0. The molecule has 0 bridgehead atoms. The lowest BCUT2D eigenvalue weighted by Crippen LogP contribution is -2.40. The molecule has 0 fully saturated rings. The Hall–Kier alpha value is -2.90.